The van der Waals surface area contributed by atoms with Crippen molar-refractivity contribution in [2.24, 2.45) is 0 Å². The molecule has 0 saturated carbocycles. The molecule has 0 aromatic heterocycles. The van der Waals surface area contributed by atoms with Crippen molar-refractivity contribution in [1.82, 2.24) is 5.32 Å². The van der Waals surface area contributed by atoms with Crippen LogP contribution >= 0.6 is 11.6 Å². The van der Waals surface area contributed by atoms with Crippen LogP contribution in [0.4, 0.5) is 5.69 Å². The Morgan fingerprint density at radius 2 is 1.93 bits per heavy atom. The Morgan fingerprint density at radius 1 is 1.21 bits per heavy atom. The van der Waals surface area contributed by atoms with E-state index >= 15 is 0 Å². The summed E-state index contributed by atoms with van der Waals surface area (Å²) >= 11 is 5.83. The van der Waals surface area contributed by atoms with Crippen molar-refractivity contribution in [2.45, 2.75) is 6.10 Å². The van der Waals surface area contributed by atoms with Crippen LogP contribution in [0.1, 0.15) is 10.4 Å². The summed E-state index contributed by atoms with van der Waals surface area (Å²) < 4.78 is 15.6. The number of halogens is 1. The number of nitro groups is 1. The Kier molecular flexibility index (Phi) is 5.93. The zero-order valence-corrected chi connectivity index (χ0v) is 15.4. The number of carbonyl (C=O) groups excluding carboxylic acids is 3. The number of nitrogens with one attached hydrogen (secondary N) is 1. The van der Waals surface area contributed by atoms with Crippen LogP contribution in [0.5, 0.6) is 11.5 Å². The summed E-state index contributed by atoms with van der Waals surface area (Å²) in [6, 6.07) is 9.94. The molecule has 0 spiro atoms. The molecule has 0 radical (unpaired) electrons. The summed E-state index contributed by atoms with van der Waals surface area (Å²) in [6.07, 6.45) is -1.06. The van der Waals surface area contributed by atoms with Crippen molar-refractivity contribution in [3.05, 3.63) is 63.2 Å². The normalized spacial score (nSPS) is 14.6. The molecule has 1 N–H and O–H groups in total. The number of non-ortho nitro benzene ring substituents is 1. The van der Waals surface area contributed by atoms with E-state index < -0.39 is 35.4 Å². The summed E-state index contributed by atoms with van der Waals surface area (Å²) in [5, 5.41) is 12.7. The van der Waals surface area contributed by atoms with Crippen LogP contribution in [0.25, 0.3) is 0 Å². The highest BCUT2D eigenvalue weighted by Gasteiger charge is 2.28. The molecule has 0 saturated heterocycles. The summed E-state index contributed by atoms with van der Waals surface area (Å²) in [6.45, 7) is -0.896. The first-order valence-corrected chi connectivity index (χ1v) is 8.56. The van der Waals surface area contributed by atoms with E-state index in [-0.39, 0.29) is 22.9 Å². The third-order valence-electron chi connectivity index (χ3n) is 3.78. The minimum atomic E-state index is -1.06. The Labute approximate surface area is 168 Å². The van der Waals surface area contributed by atoms with Gasteiger partial charge in [-0.15, -0.1) is 0 Å². The number of fused-ring (bicyclic) bond motifs is 1. The molecule has 1 aliphatic rings. The Hall–Kier alpha value is -3.66. The van der Waals surface area contributed by atoms with Gasteiger partial charge in [-0.2, -0.15) is 0 Å². The first-order chi connectivity index (χ1) is 13.8. The van der Waals surface area contributed by atoms with Gasteiger partial charge in [-0.1, -0.05) is 23.7 Å². The zero-order chi connectivity index (χ0) is 21.0. The average Bonchev–Trinajstić information content (AvgIpc) is 2.71. The van der Waals surface area contributed by atoms with Gasteiger partial charge in [-0.3, -0.25) is 25.0 Å². The molecule has 11 heteroatoms. The molecule has 0 unspecified atom stereocenters. The molecule has 3 rings (SSSR count). The predicted octanol–water partition coefficient (Wildman–Crippen LogP) is 1.89. The van der Waals surface area contributed by atoms with Gasteiger partial charge in [0.2, 0.25) is 6.10 Å². The highest BCUT2D eigenvalue weighted by Crippen LogP contribution is 2.30. The van der Waals surface area contributed by atoms with Gasteiger partial charge < -0.3 is 14.2 Å². The fourth-order valence-corrected chi connectivity index (χ4v) is 2.59. The highest BCUT2D eigenvalue weighted by molar-refractivity contribution is 6.33. The maximum atomic E-state index is 12.1. The maximum Gasteiger partial charge on any atom is 0.340 e. The van der Waals surface area contributed by atoms with Gasteiger partial charge in [0.1, 0.15) is 6.61 Å². The quantitative estimate of drug-likeness (QED) is 0.440. The van der Waals surface area contributed by atoms with Crippen LogP contribution in [0.3, 0.4) is 0 Å². The summed E-state index contributed by atoms with van der Waals surface area (Å²) in [7, 11) is 0. The van der Waals surface area contributed by atoms with E-state index in [1.807, 2.05) is 5.32 Å². The molecule has 0 aliphatic carbocycles. The van der Waals surface area contributed by atoms with Gasteiger partial charge in [0.05, 0.1) is 15.5 Å². The number of hydrogen-bond donors (Lipinski definition) is 1. The van der Waals surface area contributed by atoms with Crippen LogP contribution in [-0.2, 0) is 14.3 Å². The molecule has 29 heavy (non-hydrogen) atoms. The molecule has 10 nitrogen and oxygen atoms in total. The zero-order valence-electron chi connectivity index (χ0n) is 14.6. The lowest BCUT2D eigenvalue weighted by atomic mass is 10.2. The second kappa shape index (κ2) is 8.57. The van der Waals surface area contributed by atoms with Gasteiger partial charge >= 0.3 is 5.97 Å². The number of hydrogen-bond acceptors (Lipinski definition) is 8. The van der Waals surface area contributed by atoms with Gasteiger partial charge in [-0.05, 0) is 18.2 Å². The lowest BCUT2D eigenvalue weighted by Gasteiger charge is -2.25. The van der Waals surface area contributed by atoms with Crippen molar-refractivity contribution in [2.75, 3.05) is 13.2 Å². The molecular formula is C18H13ClN2O8. The molecule has 2 aromatic carbocycles. The molecule has 0 fully saturated rings. The van der Waals surface area contributed by atoms with Gasteiger partial charge in [0, 0.05) is 12.1 Å². The maximum absolute atomic E-state index is 12.1. The minimum absolute atomic E-state index is 0.0801. The largest absolute Gasteiger partial charge is 0.485 e. The van der Waals surface area contributed by atoms with Crippen LogP contribution in [0.2, 0.25) is 5.02 Å². The molecule has 2 amide bonds. The standard InChI is InChI=1S/C18H13ClN2O8/c19-12-6-5-10(21(25)26)7-11(12)18(24)28-9-16(22)20-17(23)15-8-27-13-3-1-2-4-14(13)29-15/h1-7,15H,8-9H2,(H,20,22,23)/t15-/m1/s1. The van der Waals surface area contributed by atoms with E-state index in [0.717, 1.165) is 18.2 Å². The van der Waals surface area contributed by atoms with Gasteiger partial charge in [0.25, 0.3) is 17.5 Å². The number of imide groups is 1. The van der Waals surface area contributed by atoms with Crippen LogP contribution in [-0.4, -0.2) is 42.0 Å². The number of nitrogens with zero attached hydrogens (tertiary/aromatic N) is 1. The number of ether oxygens (including phenoxy) is 3. The lowest BCUT2D eigenvalue weighted by Crippen LogP contribution is -2.47. The SMILES string of the molecule is O=C(COC(=O)c1cc([N+](=O)[O-])ccc1Cl)NC(=O)[C@H]1COc2ccccc2O1. The van der Waals surface area contributed by atoms with E-state index in [2.05, 4.69) is 0 Å². The summed E-state index contributed by atoms with van der Waals surface area (Å²) in [4.78, 5) is 46.1. The molecule has 150 valence electrons. The van der Waals surface area contributed by atoms with Crippen LogP contribution in [0.15, 0.2) is 42.5 Å². The number of esters is 1. The van der Waals surface area contributed by atoms with Crippen molar-refractivity contribution in [1.29, 1.82) is 0 Å². The van der Waals surface area contributed by atoms with Gasteiger partial charge in [-0.25, -0.2) is 4.79 Å². The number of amides is 2. The number of benzene rings is 2. The fraction of sp³-hybridized carbons (Fsp3) is 0.167. The number of para-hydroxylation sites is 2. The number of carbonyl (C=O) groups is 3. The van der Waals surface area contributed by atoms with Crippen molar-refractivity contribution >= 4 is 35.1 Å². The monoisotopic (exact) mass is 420 g/mol. The minimum Gasteiger partial charge on any atom is -0.485 e. The molecule has 2 aromatic rings. The average molecular weight is 421 g/mol. The first kappa shape index (κ1) is 20.1. The van der Waals surface area contributed by atoms with E-state index in [9.17, 15) is 24.5 Å². The second-order valence-electron chi connectivity index (χ2n) is 5.77. The molecular weight excluding hydrogens is 408 g/mol. The predicted molar refractivity (Wildman–Crippen MR) is 97.9 cm³/mol. The Morgan fingerprint density at radius 3 is 2.66 bits per heavy atom. The third kappa shape index (κ3) is 4.79. The topological polar surface area (TPSA) is 134 Å². The van der Waals surface area contributed by atoms with Gasteiger partial charge in [0.15, 0.2) is 18.1 Å². The molecule has 1 heterocycles. The van der Waals surface area contributed by atoms with Crippen molar-refractivity contribution < 1.29 is 33.5 Å². The van der Waals surface area contributed by atoms with Crippen LogP contribution < -0.4 is 14.8 Å². The fourth-order valence-electron chi connectivity index (χ4n) is 2.39. The second-order valence-corrected chi connectivity index (χ2v) is 6.18. The van der Waals surface area contributed by atoms with Crippen LogP contribution in [0, 0.1) is 10.1 Å². The molecule has 1 aliphatic heterocycles. The lowest BCUT2D eigenvalue weighted by molar-refractivity contribution is -0.384. The summed E-state index contributed by atoms with van der Waals surface area (Å²) in [5.74, 6) is -1.89. The smallest absolute Gasteiger partial charge is 0.340 e. The molecule has 1 atom stereocenters. The Bertz CT molecular complexity index is 994. The number of rotatable bonds is 5. The highest BCUT2D eigenvalue weighted by atomic mass is 35.5. The van der Waals surface area contributed by atoms with E-state index in [1.165, 1.54) is 0 Å². The molecule has 0 bridgehead atoms. The van der Waals surface area contributed by atoms with E-state index in [0.29, 0.717) is 11.5 Å². The van der Waals surface area contributed by atoms with E-state index in [4.69, 9.17) is 25.8 Å². The van der Waals surface area contributed by atoms with Crippen molar-refractivity contribution in [3.63, 3.8) is 0 Å². The van der Waals surface area contributed by atoms with E-state index in [1.54, 1.807) is 24.3 Å². The summed E-state index contributed by atoms with van der Waals surface area (Å²) in [5.41, 5.74) is -0.642. The first-order valence-electron chi connectivity index (χ1n) is 8.18. The third-order valence-corrected chi connectivity index (χ3v) is 4.11. The number of nitro benzene ring substituents is 1. The Balaban J connectivity index is 1.54. The van der Waals surface area contributed by atoms with Crippen molar-refractivity contribution in [3.8, 4) is 11.5 Å².